The average Bonchev–Trinajstić information content (AvgIpc) is 2.45. The molecule has 0 unspecified atom stereocenters. The largest absolute Gasteiger partial charge is 0.507 e. The van der Waals surface area contributed by atoms with Crippen molar-refractivity contribution in [2.45, 2.75) is 23.9 Å². The van der Waals surface area contributed by atoms with Gasteiger partial charge in [0.2, 0.25) is 0 Å². The molecular weight excluding hydrogens is 355 g/mol. The number of phenolic OH excluding ortho intramolecular Hbond substituents is 1. The molecule has 0 bridgehead atoms. The van der Waals surface area contributed by atoms with Gasteiger partial charge in [0.25, 0.3) is 0 Å². The van der Waals surface area contributed by atoms with Crippen molar-refractivity contribution in [1.29, 1.82) is 0 Å². The van der Waals surface area contributed by atoms with Gasteiger partial charge in [0, 0.05) is 10.9 Å². The zero-order valence-electron chi connectivity index (χ0n) is 11.3. The third kappa shape index (κ3) is 2.44. The third-order valence-corrected chi connectivity index (χ3v) is 3.36. The van der Waals surface area contributed by atoms with E-state index < -0.39 is 35.3 Å². The zero-order chi connectivity index (χ0) is 18.6. The number of fused-ring (bicyclic) bond motifs is 1. The van der Waals surface area contributed by atoms with E-state index in [1.165, 1.54) is 0 Å². The molecule has 0 radical (unpaired) electrons. The molecule has 0 amide bonds. The molecule has 0 spiro atoms. The third-order valence-electron chi connectivity index (χ3n) is 3.36. The molecule has 0 aliphatic heterocycles. The van der Waals surface area contributed by atoms with E-state index in [2.05, 4.69) is 0 Å². The number of aromatic hydroxyl groups is 1. The summed E-state index contributed by atoms with van der Waals surface area (Å²) in [6.45, 7) is 0. The van der Waals surface area contributed by atoms with Gasteiger partial charge in [-0.3, -0.25) is 0 Å². The van der Waals surface area contributed by atoms with E-state index in [0.29, 0.717) is 6.07 Å². The summed E-state index contributed by atoms with van der Waals surface area (Å²) < 4.78 is 116. The predicted molar refractivity (Wildman–Crippen MR) is 65.5 cm³/mol. The number of halogens is 9. The molecule has 1 nitrogen and oxygen atoms in total. The normalized spacial score (nSPS) is 14.2. The highest BCUT2D eigenvalue weighted by Crippen LogP contribution is 2.56. The Kier molecular flexibility index (Phi) is 3.93. The van der Waals surface area contributed by atoms with Crippen LogP contribution in [-0.4, -0.2) is 23.1 Å². The first-order valence-electron chi connectivity index (χ1n) is 6.16. The van der Waals surface area contributed by atoms with Crippen LogP contribution in [0.3, 0.4) is 0 Å². The second kappa shape index (κ2) is 5.18. The SMILES string of the molecule is Oc1cccc2cc(C(F)(F)C(F)(F)C(F)(F)C(F)(F)F)ccc12. The van der Waals surface area contributed by atoms with E-state index in [9.17, 15) is 44.6 Å². The first-order valence-corrected chi connectivity index (χ1v) is 6.16. The summed E-state index contributed by atoms with van der Waals surface area (Å²) >= 11 is 0. The maximum Gasteiger partial charge on any atom is 0.460 e. The highest BCUT2D eigenvalue weighted by molar-refractivity contribution is 5.88. The molecule has 1 N–H and O–H groups in total. The fraction of sp³-hybridized carbons (Fsp3) is 0.286. The minimum Gasteiger partial charge on any atom is -0.507 e. The van der Waals surface area contributed by atoms with Gasteiger partial charge in [-0.1, -0.05) is 24.3 Å². The van der Waals surface area contributed by atoms with Crippen LogP contribution in [0.2, 0.25) is 0 Å². The van der Waals surface area contributed by atoms with Crippen molar-refractivity contribution >= 4 is 10.8 Å². The number of benzene rings is 2. The number of hydrogen-bond acceptors (Lipinski definition) is 1. The number of phenols is 1. The molecule has 0 heterocycles. The molecule has 24 heavy (non-hydrogen) atoms. The summed E-state index contributed by atoms with van der Waals surface area (Å²) in [6.07, 6.45) is -6.87. The Labute approximate surface area is 128 Å². The van der Waals surface area contributed by atoms with Gasteiger partial charge >= 0.3 is 23.9 Å². The Morgan fingerprint density at radius 3 is 1.83 bits per heavy atom. The summed E-state index contributed by atoms with van der Waals surface area (Å²) in [5.41, 5.74) is -1.74. The van der Waals surface area contributed by atoms with Crippen LogP contribution in [0.1, 0.15) is 5.56 Å². The minimum absolute atomic E-state index is 0.0667. The van der Waals surface area contributed by atoms with Crippen molar-refractivity contribution in [2.24, 2.45) is 0 Å². The smallest absolute Gasteiger partial charge is 0.460 e. The molecular formula is C14H7F9O. The van der Waals surface area contributed by atoms with E-state index in [4.69, 9.17) is 0 Å². The second-order valence-corrected chi connectivity index (χ2v) is 4.93. The van der Waals surface area contributed by atoms with Crippen LogP contribution >= 0.6 is 0 Å². The molecule has 0 fully saturated rings. The topological polar surface area (TPSA) is 20.2 Å². The molecule has 0 aromatic heterocycles. The molecule has 0 atom stereocenters. The molecule has 2 aromatic carbocycles. The van der Waals surface area contributed by atoms with Crippen molar-refractivity contribution in [2.75, 3.05) is 0 Å². The van der Waals surface area contributed by atoms with Gasteiger partial charge in [0.15, 0.2) is 0 Å². The summed E-state index contributed by atoms with van der Waals surface area (Å²) in [5, 5.41) is 9.15. The Hall–Kier alpha value is -2.13. The lowest BCUT2D eigenvalue weighted by molar-refractivity contribution is -0.399. The van der Waals surface area contributed by atoms with E-state index in [0.717, 1.165) is 24.3 Å². The van der Waals surface area contributed by atoms with Gasteiger partial charge in [-0.05, 0) is 17.5 Å². The monoisotopic (exact) mass is 362 g/mol. The lowest BCUT2D eigenvalue weighted by Gasteiger charge is -2.33. The van der Waals surface area contributed by atoms with Gasteiger partial charge in [0.1, 0.15) is 5.75 Å². The lowest BCUT2D eigenvalue weighted by Crippen LogP contribution is -2.59. The Morgan fingerprint density at radius 2 is 1.29 bits per heavy atom. The lowest BCUT2D eigenvalue weighted by atomic mass is 9.94. The predicted octanol–water partition coefficient (Wildman–Crippen LogP) is 5.47. The maximum absolute atomic E-state index is 13.8. The summed E-state index contributed by atoms with van der Waals surface area (Å²) in [7, 11) is 0. The highest BCUT2D eigenvalue weighted by atomic mass is 19.4. The molecule has 0 aliphatic carbocycles. The van der Waals surface area contributed by atoms with Crippen molar-refractivity contribution in [3.63, 3.8) is 0 Å². The molecule has 0 saturated carbocycles. The number of hydrogen-bond donors (Lipinski definition) is 1. The van der Waals surface area contributed by atoms with Crippen molar-refractivity contribution < 1.29 is 44.6 Å². The van der Waals surface area contributed by atoms with Crippen LogP contribution in [0.4, 0.5) is 39.5 Å². The van der Waals surface area contributed by atoms with Gasteiger partial charge in [-0.15, -0.1) is 0 Å². The van der Waals surface area contributed by atoms with E-state index in [1.807, 2.05) is 0 Å². The van der Waals surface area contributed by atoms with Crippen molar-refractivity contribution in [3.05, 3.63) is 42.0 Å². The van der Waals surface area contributed by atoms with Gasteiger partial charge in [-0.25, -0.2) is 0 Å². The molecule has 2 aromatic rings. The van der Waals surface area contributed by atoms with Gasteiger partial charge in [-0.2, -0.15) is 39.5 Å². The molecule has 2 rings (SSSR count). The first-order chi connectivity index (χ1) is 10.7. The van der Waals surface area contributed by atoms with Crippen LogP contribution in [0.25, 0.3) is 10.8 Å². The summed E-state index contributed by atoms with van der Waals surface area (Å²) in [5.74, 6) is -19.9. The number of alkyl halides is 9. The average molecular weight is 362 g/mol. The van der Waals surface area contributed by atoms with E-state index in [-0.39, 0.29) is 16.8 Å². The quantitative estimate of drug-likeness (QED) is 0.718. The van der Waals surface area contributed by atoms with Crippen LogP contribution in [0, 0.1) is 0 Å². The second-order valence-electron chi connectivity index (χ2n) is 4.93. The molecule has 0 aliphatic rings. The fourth-order valence-electron chi connectivity index (χ4n) is 2.02. The van der Waals surface area contributed by atoms with Crippen molar-refractivity contribution in [1.82, 2.24) is 0 Å². The van der Waals surface area contributed by atoms with Crippen LogP contribution in [0.15, 0.2) is 36.4 Å². The first kappa shape index (κ1) is 18.2. The van der Waals surface area contributed by atoms with Crippen LogP contribution < -0.4 is 0 Å². The Balaban J connectivity index is 2.61. The molecule has 10 heteroatoms. The molecule has 132 valence electrons. The fourth-order valence-corrected chi connectivity index (χ4v) is 2.02. The standard InChI is InChI=1S/C14H7F9O/c15-11(16,12(17,18)13(19,20)14(21,22)23)8-4-5-9-7(6-8)2-1-3-10(9)24/h1-6,24H. The van der Waals surface area contributed by atoms with Gasteiger partial charge < -0.3 is 5.11 Å². The maximum atomic E-state index is 13.8. The summed E-state index contributed by atoms with van der Waals surface area (Å²) in [4.78, 5) is 0. The van der Waals surface area contributed by atoms with Crippen LogP contribution in [0.5, 0.6) is 5.75 Å². The van der Waals surface area contributed by atoms with Crippen LogP contribution in [-0.2, 0) is 5.92 Å². The Bertz CT molecular complexity index is 764. The molecule has 0 saturated heterocycles. The Morgan fingerprint density at radius 1 is 0.708 bits per heavy atom. The highest BCUT2D eigenvalue weighted by Gasteiger charge is 2.82. The van der Waals surface area contributed by atoms with Gasteiger partial charge in [0.05, 0.1) is 0 Å². The number of rotatable bonds is 3. The van der Waals surface area contributed by atoms with E-state index >= 15 is 0 Å². The van der Waals surface area contributed by atoms with Crippen molar-refractivity contribution in [3.8, 4) is 5.75 Å². The minimum atomic E-state index is -6.95. The summed E-state index contributed by atoms with van der Waals surface area (Å²) in [6, 6.07) is 4.68. The zero-order valence-corrected chi connectivity index (χ0v) is 11.3. The van der Waals surface area contributed by atoms with E-state index in [1.54, 1.807) is 0 Å².